The number of hydrogen-bond donors (Lipinski definition) is 0. The smallest absolute Gasteiger partial charge is 0.271 e. The molecule has 0 spiro atoms. The standard InChI is InChI=1S/C25H22Cl3N3O4/c26-21-2-1-3-22(27)20(21)15-29-10-12-30(13-11-29)25(32)18-6-4-17(5-7-18)16-35-24-9-8-19(31(33)34)14-23(24)28/h1-9,14H,10-13,15-16H2. The van der Waals surface area contributed by atoms with Gasteiger partial charge in [-0.3, -0.25) is 19.8 Å². The first-order valence-corrected chi connectivity index (χ1v) is 12.1. The molecule has 182 valence electrons. The highest BCUT2D eigenvalue weighted by Gasteiger charge is 2.23. The van der Waals surface area contributed by atoms with E-state index in [4.69, 9.17) is 39.5 Å². The molecular weight excluding hydrogens is 513 g/mol. The molecule has 0 unspecified atom stereocenters. The van der Waals surface area contributed by atoms with Gasteiger partial charge in [0.2, 0.25) is 0 Å². The molecule has 1 amide bonds. The Bertz CT molecular complexity index is 1210. The van der Waals surface area contributed by atoms with Gasteiger partial charge in [0.25, 0.3) is 11.6 Å². The normalized spacial score (nSPS) is 14.1. The maximum Gasteiger partial charge on any atom is 0.271 e. The second-order valence-corrected chi connectivity index (χ2v) is 9.35. The number of nitro benzene ring substituents is 1. The van der Waals surface area contributed by atoms with E-state index in [0.717, 1.165) is 24.2 Å². The second kappa shape index (κ2) is 11.3. The zero-order valence-electron chi connectivity index (χ0n) is 18.6. The lowest BCUT2D eigenvalue weighted by molar-refractivity contribution is -0.384. The van der Waals surface area contributed by atoms with Crippen LogP contribution in [0.1, 0.15) is 21.5 Å². The number of hydrogen-bond acceptors (Lipinski definition) is 5. The Morgan fingerprint density at radius 3 is 2.17 bits per heavy atom. The van der Waals surface area contributed by atoms with E-state index in [1.807, 2.05) is 35.2 Å². The first-order valence-electron chi connectivity index (χ1n) is 10.9. The highest BCUT2D eigenvalue weighted by molar-refractivity contribution is 6.36. The SMILES string of the molecule is O=C(c1ccc(COc2ccc([N+](=O)[O-])cc2Cl)cc1)N1CCN(Cc2c(Cl)cccc2Cl)CC1. The largest absolute Gasteiger partial charge is 0.487 e. The van der Waals surface area contributed by atoms with Gasteiger partial charge in [-0.05, 0) is 35.9 Å². The molecule has 1 aliphatic rings. The molecule has 4 rings (SSSR count). The van der Waals surface area contributed by atoms with E-state index in [2.05, 4.69) is 4.90 Å². The fourth-order valence-electron chi connectivity index (χ4n) is 3.82. The zero-order chi connectivity index (χ0) is 24.9. The van der Waals surface area contributed by atoms with Crippen LogP contribution >= 0.6 is 34.8 Å². The Kier molecular flexibility index (Phi) is 8.13. The summed E-state index contributed by atoms with van der Waals surface area (Å²) in [5.41, 5.74) is 2.25. The van der Waals surface area contributed by atoms with Crippen molar-refractivity contribution >= 4 is 46.4 Å². The number of rotatable bonds is 7. The van der Waals surface area contributed by atoms with E-state index in [1.165, 1.54) is 18.2 Å². The van der Waals surface area contributed by atoms with Crippen LogP contribution in [0.15, 0.2) is 60.7 Å². The van der Waals surface area contributed by atoms with Gasteiger partial charge in [0, 0.05) is 66.0 Å². The van der Waals surface area contributed by atoms with E-state index in [0.29, 0.717) is 41.0 Å². The first-order chi connectivity index (χ1) is 16.8. The van der Waals surface area contributed by atoms with E-state index in [9.17, 15) is 14.9 Å². The molecule has 1 fully saturated rings. The number of carbonyl (C=O) groups excluding carboxylic acids is 1. The fourth-order valence-corrected chi connectivity index (χ4v) is 4.57. The quantitative estimate of drug-likeness (QED) is 0.271. The lowest BCUT2D eigenvalue weighted by Gasteiger charge is -2.35. The Morgan fingerprint density at radius 1 is 0.914 bits per heavy atom. The van der Waals surface area contributed by atoms with Crippen LogP contribution in [0, 0.1) is 10.1 Å². The van der Waals surface area contributed by atoms with Gasteiger partial charge in [-0.1, -0.05) is 53.0 Å². The van der Waals surface area contributed by atoms with Gasteiger partial charge >= 0.3 is 0 Å². The molecule has 7 nitrogen and oxygen atoms in total. The average molecular weight is 535 g/mol. The second-order valence-electron chi connectivity index (χ2n) is 8.13. The molecule has 35 heavy (non-hydrogen) atoms. The highest BCUT2D eigenvalue weighted by atomic mass is 35.5. The summed E-state index contributed by atoms with van der Waals surface area (Å²) in [6.07, 6.45) is 0. The number of halogens is 3. The molecule has 0 N–H and O–H groups in total. The number of piperazine rings is 1. The topological polar surface area (TPSA) is 75.9 Å². The van der Waals surface area contributed by atoms with Gasteiger partial charge in [-0.15, -0.1) is 0 Å². The van der Waals surface area contributed by atoms with Crippen molar-refractivity contribution in [2.24, 2.45) is 0 Å². The molecule has 1 heterocycles. The third kappa shape index (κ3) is 6.24. The molecule has 0 radical (unpaired) electrons. The molecule has 3 aromatic carbocycles. The van der Waals surface area contributed by atoms with Crippen molar-refractivity contribution in [3.8, 4) is 5.75 Å². The number of benzene rings is 3. The molecule has 10 heteroatoms. The van der Waals surface area contributed by atoms with Crippen LogP contribution in [0.25, 0.3) is 0 Å². The van der Waals surface area contributed by atoms with Crippen molar-refractivity contribution in [1.29, 1.82) is 0 Å². The van der Waals surface area contributed by atoms with Crippen molar-refractivity contribution in [1.82, 2.24) is 9.80 Å². The molecule has 0 atom stereocenters. The minimum Gasteiger partial charge on any atom is -0.487 e. The number of amides is 1. The van der Waals surface area contributed by atoms with Crippen molar-refractivity contribution in [3.05, 3.63) is 103 Å². The van der Waals surface area contributed by atoms with Crippen LogP contribution in [-0.2, 0) is 13.2 Å². The van der Waals surface area contributed by atoms with E-state index in [-0.39, 0.29) is 23.2 Å². The molecule has 1 aliphatic heterocycles. The Hall–Kier alpha value is -2.84. The molecular formula is C25H22Cl3N3O4. The summed E-state index contributed by atoms with van der Waals surface area (Å²) in [4.78, 5) is 27.3. The minimum absolute atomic E-state index is 0.0219. The number of ether oxygens (including phenoxy) is 1. The number of nitro groups is 1. The van der Waals surface area contributed by atoms with Crippen LogP contribution < -0.4 is 4.74 Å². The predicted molar refractivity (Wildman–Crippen MR) is 137 cm³/mol. The molecule has 0 aromatic heterocycles. The summed E-state index contributed by atoms with van der Waals surface area (Å²) >= 11 is 18.6. The summed E-state index contributed by atoms with van der Waals surface area (Å²) in [5, 5.41) is 12.3. The Balaban J connectivity index is 1.29. The number of carbonyl (C=O) groups is 1. The van der Waals surface area contributed by atoms with E-state index < -0.39 is 4.92 Å². The third-order valence-electron chi connectivity index (χ3n) is 5.82. The van der Waals surface area contributed by atoms with Crippen LogP contribution in [0.2, 0.25) is 15.1 Å². The molecule has 0 aliphatic carbocycles. The molecule has 0 bridgehead atoms. The molecule has 3 aromatic rings. The van der Waals surface area contributed by atoms with Crippen molar-refractivity contribution in [2.45, 2.75) is 13.2 Å². The summed E-state index contributed by atoms with van der Waals surface area (Å²) in [6, 6.07) is 16.7. The maximum atomic E-state index is 13.0. The van der Waals surface area contributed by atoms with Gasteiger partial charge in [0.05, 0.1) is 9.95 Å². The van der Waals surface area contributed by atoms with Crippen molar-refractivity contribution < 1.29 is 14.5 Å². The predicted octanol–water partition coefficient (Wildman–Crippen LogP) is 6.09. The van der Waals surface area contributed by atoms with Gasteiger partial charge in [0.15, 0.2) is 0 Å². The van der Waals surface area contributed by atoms with Crippen LogP contribution in [0.4, 0.5) is 5.69 Å². The lowest BCUT2D eigenvalue weighted by atomic mass is 10.1. The van der Waals surface area contributed by atoms with Crippen LogP contribution in [0.5, 0.6) is 5.75 Å². The summed E-state index contributed by atoms with van der Waals surface area (Å²) < 4.78 is 5.68. The average Bonchev–Trinajstić information content (AvgIpc) is 2.86. The van der Waals surface area contributed by atoms with Gasteiger partial charge in [-0.2, -0.15) is 0 Å². The molecule has 1 saturated heterocycles. The third-order valence-corrected chi connectivity index (χ3v) is 6.83. The lowest BCUT2D eigenvalue weighted by Crippen LogP contribution is -2.48. The summed E-state index contributed by atoms with van der Waals surface area (Å²) in [7, 11) is 0. The minimum atomic E-state index is -0.514. The Morgan fingerprint density at radius 2 is 1.57 bits per heavy atom. The van der Waals surface area contributed by atoms with E-state index >= 15 is 0 Å². The van der Waals surface area contributed by atoms with Crippen LogP contribution in [-0.4, -0.2) is 46.8 Å². The molecule has 0 saturated carbocycles. The van der Waals surface area contributed by atoms with E-state index in [1.54, 1.807) is 12.1 Å². The van der Waals surface area contributed by atoms with Crippen molar-refractivity contribution in [2.75, 3.05) is 26.2 Å². The van der Waals surface area contributed by atoms with Crippen molar-refractivity contribution in [3.63, 3.8) is 0 Å². The summed E-state index contributed by atoms with van der Waals surface area (Å²) in [6.45, 7) is 3.56. The number of non-ortho nitro benzene ring substituents is 1. The first kappa shape index (κ1) is 25.3. The Labute approximate surface area is 217 Å². The monoisotopic (exact) mass is 533 g/mol. The van der Waals surface area contributed by atoms with Gasteiger partial charge in [0.1, 0.15) is 12.4 Å². The number of nitrogens with zero attached hydrogens (tertiary/aromatic N) is 3. The fraction of sp³-hybridized carbons (Fsp3) is 0.240. The maximum absolute atomic E-state index is 13.0. The van der Waals surface area contributed by atoms with Crippen LogP contribution in [0.3, 0.4) is 0 Å². The summed E-state index contributed by atoms with van der Waals surface area (Å²) in [5.74, 6) is 0.333. The zero-order valence-corrected chi connectivity index (χ0v) is 20.9. The highest BCUT2D eigenvalue weighted by Crippen LogP contribution is 2.29. The van der Waals surface area contributed by atoms with Gasteiger partial charge < -0.3 is 9.64 Å². The van der Waals surface area contributed by atoms with Gasteiger partial charge in [-0.25, -0.2) is 0 Å².